The third-order valence-corrected chi connectivity index (χ3v) is 3.95. The predicted molar refractivity (Wildman–Crippen MR) is 92.3 cm³/mol. The Bertz CT molecular complexity index is 825. The molecule has 0 unspecified atom stereocenters. The van der Waals surface area contributed by atoms with E-state index in [9.17, 15) is 14.4 Å². The van der Waals surface area contributed by atoms with Gasteiger partial charge in [-0.05, 0) is 38.5 Å². The topological polar surface area (TPSA) is 85.5 Å². The second-order valence-electron chi connectivity index (χ2n) is 5.32. The number of aromatic amines is 1. The molecular weight excluding hydrogens is 346 g/mol. The van der Waals surface area contributed by atoms with Crippen LogP contribution in [0.5, 0.6) is 0 Å². The zero-order valence-electron chi connectivity index (χ0n) is 14.1. The maximum Gasteiger partial charge on any atom is 0.340 e. The molecule has 1 heterocycles. The number of H-pyrrole nitrogens is 1. The minimum Gasteiger partial charge on any atom is -0.462 e. The molecule has 0 aliphatic heterocycles. The molecule has 132 valence electrons. The van der Waals surface area contributed by atoms with Crippen LogP contribution >= 0.6 is 11.6 Å². The standard InChI is InChI=1S/C18H18ClNO5/c1-4-24-18(23)15-10(2)16(20-11(15)3)14(21)9-25-17(22)12-7-5-6-8-13(12)19/h5-8,20H,4,9H2,1-3H3. The molecule has 7 heteroatoms. The van der Waals surface area contributed by atoms with E-state index in [1.807, 2.05) is 0 Å². The van der Waals surface area contributed by atoms with Crippen molar-refractivity contribution in [3.63, 3.8) is 0 Å². The zero-order chi connectivity index (χ0) is 18.6. The highest BCUT2D eigenvalue weighted by Crippen LogP contribution is 2.20. The normalized spacial score (nSPS) is 10.4. The Morgan fingerprint density at radius 1 is 1.08 bits per heavy atom. The van der Waals surface area contributed by atoms with Crippen LogP contribution in [0.15, 0.2) is 24.3 Å². The quantitative estimate of drug-likeness (QED) is 0.627. The van der Waals surface area contributed by atoms with Crippen molar-refractivity contribution in [2.24, 2.45) is 0 Å². The maximum atomic E-state index is 12.3. The monoisotopic (exact) mass is 363 g/mol. The van der Waals surface area contributed by atoms with E-state index in [0.29, 0.717) is 16.8 Å². The molecule has 0 aliphatic carbocycles. The second kappa shape index (κ2) is 7.98. The number of carbonyl (C=O) groups is 3. The molecule has 0 bridgehead atoms. The lowest BCUT2D eigenvalue weighted by Crippen LogP contribution is -2.16. The lowest BCUT2D eigenvalue weighted by Gasteiger charge is -2.06. The maximum absolute atomic E-state index is 12.3. The third-order valence-electron chi connectivity index (χ3n) is 3.62. The van der Waals surface area contributed by atoms with Crippen molar-refractivity contribution in [3.8, 4) is 0 Å². The van der Waals surface area contributed by atoms with Crippen LogP contribution in [0, 0.1) is 13.8 Å². The molecule has 6 nitrogen and oxygen atoms in total. The number of ether oxygens (including phenoxy) is 2. The lowest BCUT2D eigenvalue weighted by atomic mass is 10.1. The van der Waals surface area contributed by atoms with Crippen molar-refractivity contribution in [2.45, 2.75) is 20.8 Å². The van der Waals surface area contributed by atoms with Gasteiger partial charge in [-0.2, -0.15) is 0 Å². The van der Waals surface area contributed by atoms with Gasteiger partial charge in [0.05, 0.1) is 28.5 Å². The number of aromatic nitrogens is 1. The first-order valence-corrected chi connectivity index (χ1v) is 8.05. The molecule has 1 N–H and O–H groups in total. The van der Waals surface area contributed by atoms with Gasteiger partial charge >= 0.3 is 11.9 Å². The van der Waals surface area contributed by atoms with Gasteiger partial charge in [0, 0.05) is 5.69 Å². The van der Waals surface area contributed by atoms with Crippen molar-refractivity contribution in [1.82, 2.24) is 4.98 Å². The SMILES string of the molecule is CCOC(=O)c1c(C)[nH]c(C(=O)COC(=O)c2ccccc2Cl)c1C. The van der Waals surface area contributed by atoms with E-state index in [1.54, 1.807) is 39.0 Å². The molecule has 0 amide bonds. The number of halogens is 1. The Morgan fingerprint density at radius 2 is 1.76 bits per heavy atom. The molecule has 0 aliphatic rings. The van der Waals surface area contributed by atoms with Gasteiger partial charge in [-0.25, -0.2) is 9.59 Å². The summed E-state index contributed by atoms with van der Waals surface area (Å²) < 4.78 is 10.0. The van der Waals surface area contributed by atoms with Gasteiger partial charge in [0.1, 0.15) is 0 Å². The third kappa shape index (κ3) is 4.09. The van der Waals surface area contributed by atoms with Gasteiger partial charge in [0.25, 0.3) is 0 Å². The number of hydrogen-bond acceptors (Lipinski definition) is 5. The van der Waals surface area contributed by atoms with E-state index in [1.165, 1.54) is 6.07 Å². The van der Waals surface area contributed by atoms with Gasteiger partial charge in [-0.1, -0.05) is 23.7 Å². The molecule has 1 aromatic carbocycles. The molecule has 25 heavy (non-hydrogen) atoms. The zero-order valence-corrected chi connectivity index (χ0v) is 14.9. The van der Waals surface area contributed by atoms with Crippen LogP contribution in [0.3, 0.4) is 0 Å². The van der Waals surface area contributed by atoms with Gasteiger partial charge in [0.15, 0.2) is 6.61 Å². The average Bonchev–Trinajstić information content (AvgIpc) is 2.87. The van der Waals surface area contributed by atoms with Gasteiger partial charge in [0.2, 0.25) is 5.78 Å². The first-order chi connectivity index (χ1) is 11.9. The van der Waals surface area contributed by atoms with E-state index in [-0.39, 0.29) is 22.9 Å². The highest BCUT2D eigenvalue weighted by atomic mass is 35.5. The molecule has 0 fully saturated rings. The summed E-state index contributed by atoms with van der Waals surface area (Å²) in [5, 5.41) is 0.247. The summed E-state index contributed by atoms with van der Waals surface area (Å²) in [5.41, 5.74) is 1.71. The molecule has 1 aromatic heterocycles. The van der Waals surface area contributed by atoms with Crippen LogP contribution in [0.2, 0.25) is 5.02 Å². The van der Waals surface area contributed by atoms with E-state index < -0.39 is 24.3 Å². The Morgan fingerprint density at radius 3 is 2.40 bits per heavy atom. The highest BCUT2D eigenvalue weighted by molar-refractivity contribution is 6.33. The van der Waals surface area contributed by atoms with E-state index >= 15 is 0 Å². The van der Waals surface area contributed by atoms with Crippen molar-refractivity contribution in [3.05, 3.63) is 57.4 Å². The number of ketones is 1. The van der Waals surface area contributed by atoms with E-state index in [2.05, 4.69) is 4.98 Å². The number of nitrogens with one attached hydrogen (secondary N) is 1. The van der Waals surface area contributed by atoms with Crippen LogP contribution in [0.4, 0.5) is 0 Å². The van der Waals surface area contributed by atoms with Gasteiger partial charge < -0.3 is 14.5 Å². The molecule has 0 spiro atoms. The number of hydrogen-bond donors (Lipinski definition) is 1. The van der Waals surface area contributed by atoms with Crippen molar-refractivity contribution in [1.29, 1.82) is 0 Å². The molecule has 0 atom stereocenters. The second-order valence-corrected chi connectivity index (χ2v) is 5.73. The summed E-state index contributed by atoms with van der Waals surface area (Å²) in [6.45, 7) is 4.79. The Hall–Kier alpha value is -2.60. The smallest absolute Gasteiger partial charge is 0.340 e. The fourth-order valence-corrected chi connectivity index (χ4v) is 2.66. The van der Waals surface area contributed by atoms with Crippen molar-refractivity contribution < 1.29 is 23.9 Å². The summed E-state index contributed by atoms with van der Waals surface area (Å²) in [6.07, 6.45) is 0. The van der Waals surface area contributed by atoms with Crippen LogP contribution in [0.1, 0.15) is 49.4 Å². The summed E-state index contributed by atoms with van der Waals surface area (Å²) in [5.74, 6) is -1.64. The number of aryl methyl sites for hydroxylation is 1. The predicted octanol–water partition coefficient (Wildman–Crippen LogP) is 3.50. The van der Waals surface area contributed by atoms with E-state index in [0.717, 1.165) is 0 Å². The number of benzene rings is 1. The van der Waals surface area contributed by atoms with Crippen LogP contribution in [-0.4, -0.2) is 35.9 Å². The minimum atomic E-state index is -0.689. The first kappa shape index (κ1) is 18.7. The summed E-state index contributed by atoms with van der Waals surface area (Å²) in [4.78, 5) is 39.2. The minimum absolute atomic E-state index is 0.184. The average molecular weight is 364 g/mol. The van der Waals surface area contributed by atoms with Crippen molar-refractivity contribution >= 4 is 29.3 Å². The fraction of sp³-hybridized carbons (Fsp3) is 0.278. The molecule has 0 saturated heterocycles. The van der Waals surface area contributed by atoms with Crippen LogP contribution in [0.25, 0.3) is 0 Å². The Balaban J connectivity index is 2.12. The number of Topliss-reactive ketones (excluding diaryl/α,β-unsaturated/α-hetero) is 1. The molecule has 2 aromatic rings. The fourth-order valence-electron chi connectivity index (χ4n) is 2.45. The largest absolute Gasteiger partial charge is 0.462 e. The first-order valence-electron chi connectivity index (χ1n) is 7.67. The van der Waals surface area contributed by atoms with Gasteiger partial charge in [-0.15, -0.1) is 0 Å². The highest BCUT2D eigenvalue weighted by Gasteiger charge is 2.23. The molecule has 0 saturated carbocycles. The summed E-state index contributed by atoms with van der Waals surface area (Å²) in [6, 6.07) is 6.41. The van der Waals surface area contributed by atoms with Gasteiger partial charge in [-0.3, -0.25) is 4.79 Å². The summed E-state index contributed by atoms with van der Waals surface area (Å²) >= 11 is 5.92. The molecule has 0 radical (unpaired) electrons. The summed E-state index contributed by atoms with van der Waals surface area (Å²) in [7, 11) is 0. The Kier molecular flexibility index (Phi) is 5.98. The molecule has 2 rings (SSSR count). The molecular formula is C18H18ClNO5. The van der Waals surface area contributed by atoms with E-state index in [4.69, 9.17) is 21.1 Å². The number of carbonyl (C=O) groups excluding carboxylic acids is 3. The number of esters is 2. The van der Waals surface area contributed by atoms with Crippen molar-refractivity contribution in [2.75, 3.05) is 13.2 Å². The lowest BCUT2D eigenvalue weighted by molar-refractivity contribution is 0.0472. The Labute approximate surface area is 150 Å². The number of rotatable bonds is 6. The van der Waals surface area contributed by atoms with Crippen LogP contribution < -0.4 is 0 Å². The van der Waals surface area contributed by atoms with Crippen LogP contribution in [-0.2, 0) is 9.47 Å².